The molecule has 0 aliphatic carbocycles. The van der Waals surface area contributed by atoms with Crippen LogP contribution >= 0.6 is 0 Å². The van der Waals surface area contributed by atoms with Gasteiger partial charge in [0.15, 0.2) is 5.82 Å². The van der Waals surface area contributed by atoms with Crippen LogP contribution in [0, 0.1) is 5.82 Å². The smallest absolute Gasteiger partial charge is 0.285 e. The van der Waals surface area contributed by atoms with Crippen LogP contribution in [0.1, 0.15) is 0 Å². The molecule has 3 nitrogen and oxygen atoms in total. The predicted molar refractivity (Wildman–Crippen MR) is 81.8 cm³/mol. The number of nitrogens with one attached hydrogen (secondary N) is 2. The van der Waals surface area contributed by atoms with E-state index in [1.807, 2.05) is 42.5 Å². The molecule has 2 aromatic carbocycles. The molecule has 2 N–H and O–H groups in total. The van der Waals surface area contributed by atoms with E-state index in [-0.39, 0.29) is 0 Å². The van der Waals surface area contributed by atoms with E-state index in [9.17, 15) is 9.18 Å². The average Bonchev–Trinajstić information content (AvgIpc) is 2.87. The molecule has 0 unspecified atom stereocenters. The number of hydrogen-bond donors (Lipinski definition) is 2. The van der Waals surface area contributed by atoms with E-state index < -0.39 is 11.4 Å². The minimum absolute atomic E-state index is 0.311. The fourth-order valence-corrected chi connectivity index (χ4v) is 2.73. The molecule has 0 aliphatic heterocycles. The van der Waals surface area contributed by atoms with E-state index in [2.05, 4.69) is 9.97 Å². The quantitative estimate of drug-likeness (QED) is 0.546. The van der Waals surface area contributed by atoms with Gasteiger partial charge in [0.1, 0.15) is 0 Å². The largest absolute Gasteiger partial charge is 0.353 e. The highest BCUT2D eigenvalue weighted by atomic mass is 19.1. The Morgan fingerprint density at radius 1 is 0.810 bits per heavy atom. The molecule has 0 radical (unpaired) electrons. The maximum absolute atomic E-state index is 14.4. The molecule has 0 spiro atoms. The van der Waals surface area contributed by atoms with Crippen molar-refractivity contribution in [2.75, 3.05) is 0 Å². The van der Waals surface area contributed by atoms with Gasteiger partial charge in [-0.3, -0.25) is 4.79 Å². The molecule has 4 heteroatoms. The van der Waals surface area contributed by atoms with E-state index in [4.69, 9.17) is 0 Å². The third kappa shape index (κ3) is 1.69. The molecule has 0 bridgehead atoms. The van der Waals surface area contributed by atoms with Crippen molar-refractivity contribution in [2.45, 2.75) is 0 Å². The van der Waals surface area contributed by atoms with E-state index >= 15 is 0 Å². The number of fused-ring (bicyclic) bond motifs is 3. The number of H-pyrrole nitrogens is 2. The summed E-state index contributed by atoms with van der Waals surface area (Å²) >= 11 is 0. The SMILES string of the molecule is O=c1[nH]c2c([nH]c3ccccc32)c(-c2ccccc2)c1F. The van der Waals surface area contributed by atoms with E-state index in [1.54, 1.807) is 12.1 Å². The molecule has 0 atom stereocenters. The standard InChI is InChI=1S/C17H11FN2O/c18-14-13(10-6-2-1-3-7-10)16-15(20-17(14)21)11-8-4-5-9-12(11)19-16/h1-9,19H,(H,20,21). The molecule has 102 valence electrons. The lowest BCUT2D eigenvalue weighted by Crippen LogP contribution is -2.12. The van der Waals surface area contributed by atoms with Crippen molar-refractivity contribution in [3.63, 3.8) is 0 Å². The number of pyridine rings is 1. The first-order chi connectivity index (χ1) is 10.3. The highest BCUT2D eigenvalue weighted by Gasteiger charge is 2.17. The molecule has 2 heterocycles. The van der Waals surface area contributed by atoms with Gasteiger partial charge in [-0.25, -0.2) is 4.39 Å². The molecule has 0 amide bonds. The van der Waals surface area contributed by atoms with Crippen LogP contribution in [-0.2, 0) is 0 Å². The molecule has 0 saturated heterocycles. The summed E-state index contributed by atoms with van der Waals surface area (Å²) in [5, 5.41) is 0.877. The molecule has 0 aliphatic rings. The monoisotopic (exact) mass is 278 g/mol. The van der Waals surface area contributed by atoms with Crippen LogP contribution in [0.3, 0.4) is 0 Å². The van der Waals surface area contributed by atoms with Gasteiger partial charge in [-0.1, -0.05) is 48.5 Å². The number of halogens is 1. The Bertz CT molecular complexity index is 1020. The summed E-state index contributed by atoms with van der Waals surface area (Å²) < 4.78 is 14.4. The van der Waals surface area contributed by atoms with Crippen LogP contribution in [0.5, 0.6) is 0 Å². The van der Waals surface area contributed by atoms with Crippen molar-refractivity contribution in [1.29, 1.82) is 0 Å². The summed E-state index contributed by atoms with van der Waals surface area (Å²) in [5.41, 5.74) is 2.40. The molecule has 4 aromatic rings. The van der Waals surface area contributed by atoms with Gasteiger partial charge < -0.3 is 9.97 Å². The van der Waals surface area contributed by atoms with Crippen molar-refractivity contribution in [1.82, 2.24) is 9.97 Å². The maximum Gasteiger partial charge on any atom is 0.285 e. The molecule has 4 rings (SSSR count). The number of para-hydroxylation sites is 1. The van der Waals surface area contributed by atoms with Gasteiger partial charge >= 0.3 is 0 Å². The second-order valence-corrected chi connectivity index (χ2v) is 4.93. The van der Waals surface area contributed by atoms with Gasteiger partial charge in [-0.2, -0.15) is 0 Å². The molecular weight excluding hydrogens is 267 g/mol. The lowest BCUT2D eigenvalue weighted by atomic mass is 10.0. The summed E-state index contributed by atoms with van der Waals surface area (Å²) in [7, 11) is 0. The lowest BCUT2D eigenvalue weighted by molar-refractivity contribution is 0.615. The van der Waals surface area contributed by atoms with E-state index in [0.29, 0.717) is 22.2 Å². The molecule has 0 saturated carbocycles. The van der Waals surface area contributed by atoms with Gasteiger partial charge in [0.25, 0.3) is 5.56 Å². The van der Waals surface area contributed by atoms with E-state index in [0.717, 1.165) is 10.9 Å². The summed E-state index contributed by atoms with van der Waals surface area (Å²) in [6, 6.07) is 16.7. The summed E-state index contributed by atoms with van der Waals surface area (Å²) in [4.78, 5) is 17.8. The van der Waals surface area contributed by atoms with Gasteiger partial charge in [0.2, 0.25) is 0 Å². The lowest BCUT2D eigenvalue weighted by Gasteiger charge is -2.04. The zero-order chi connectivity index (χ0) is 14.4. The number of hydrogen-bond acceptors (Lipinski definition) is 1. The Morgan fingerprint density at radius 2 is 1.52 bits per heavy atom. The van der Waals surface area contributed by atoms with Gasteiger partial charge in [-0.05, 0) is 11.6 Å². The van der Waals surface area contributed by atoms with Crippen LogP contribution in [0.25, 0.3) is 33.1 Å². The van der Waals surface area contributed by atoms with Crippen LogP contribution in [-0.4, -0.2) is 9.97 Å². The van der Waals surface area contributed by atoms with Gasteiger partial charge in [0, 0.05) is 16.5 Å². The highest BCUT2D eigenvalue weighted by molar-refractivity contribution is 6.09. The van der Waals surface area contributed by atoms with Crippen LogP contribution in [0.2, 0.25) is 0 Å². The summed E-state index contributed by atoms with van der Waals surface area (Å²) in [6.07, 6.45) is 0. The van der Waals surface area contributed by atoms with Crippen LogP contribution in [0.15, 0.2) is 59.4 Å². The maximum atomic E-state index is 14.4. The first kappa shape index (κ1) is 11.9. The Labute approximate surface area is 119 Å². The Kier molecular flexibility index (Phi) is 2.44. The van der Waals surface area contributed by atoms with Crippen molar-refractivity contribution in [2.24, 2.45) is 0 Å². The molecular formula is C17H11FN2O. The zero-order valence-corrected chi connectivity index (χ0v) is 11.0. The number of benzene rings is 2. The first-order valence-corrected chi connectivity index (χ1v) is 6.63. The minimum atomic E-state index is -0.764. The van der Waals surface area contributed by atoms with Crippen molar-refractivity contribution < 1.29 is 4.39 Å². The fourth-order valence-electron chi connectivity index (χ4n) is 2.73. The third-order valence-corrected chi connectivity index (χ3v) is 3.68. The number of aromatic amines is 2. The normalized spacial score (nSPS) is 11.3. The molecule has 0 fully saturated rings. The van der Waals surface area contributed by atoms with Gasteiger partial charge in [-0.15, -0.1) is 0 Å². The number of aromatic nitrogens is 2. The topological polar surface area (TPSA) is 48.6 Å². The van der Waals surface area contributed by atoms with Crippen LogP contribution < -0.4 is 5.56 Å². The zero-order valence-electron chi connectivity index (χ0n) is 11.0. The van der Waals surface area contributed by atoms with Gasteiger partial charge in [0.05, 0.1) is 11.0 Å². The average molecular weight is 278 g/mol. The fraction of sp³-hybridized carbons (Fsp3) is 0. The third-order valence-electron chi connectivity index (χ3n) is 3.68. The van der Waals surface area contributed by atoms with E-state index in [1.165, 1.54) is 0 Å². The molecule has 2 aromatic heterocycles. The first-order valence-electron chi connectivity index (χ1n) is 6.63. The number of rotatable bonds is 1. The van der Waals surface area contributed by atoms with Crippen molar-refractivity contribution in [3.05, 3.63) is 70.8 Å². The molecule has 21 heavy (non-hydrogen) atoms. The minimum Gasteiger partial charge on any atom is -0.353 e. The second kappa shape index (κ2) is 4.31. The van der Waals surface area contributed by atoms with Crippen LogP contribution in [0.4, 0.5) is 4.39 Å². The van der Waals surface area contributed by atoms with Crippen molar-refractivity contribution in [3.8, 4) is 11.1 Å². The summed E-state index contributed by atoms with van der Waals surface area (Å²) in [6.45, 7) is 0. The second-order valence-electron chi connectivity index (χ2n) is 4.93. The Hall–Kier alpha value is -2.88. The highest BCUT2D eigenvalue weighted by Crippen LogP contribution is 2.32. The Balaban J connectivity index is 2.24. The Morgan fingerprint density at radius 3 is 2.33 bits per heavy atom. The summed E-state index contributed by atoms with van der Waals surface area (Å²) in [5.74, 6) is -0.764. The predicted octanol–water partition coefficient (Wildman–Crippen LogP) is 3.82. The van der Waals surface area contributed by atoms with Crippen molar-refractivity contribution >= 4 is 21.9 Å².